The van der Waals surface area contributed by atoms with Crippen molar-refractivity contribution in [1.29, 1.82) is 0 Å². The summed E-state index contributed by atoms with van der Waals surface area (Å²) in [6.45, 7) is 2.75. The van der Waals surface area contributed by atoms with Crippen molar-refractivity contribution in [2.45, 2.75) is 31.8 Å². The van der Waals surface area contributed by atoms with E-state index in [0.717, 1.165) is 35.3 Å². The van der Waals surface area contributed by atoms with Gasteiger partial charge in [0.1, 0.15) is 5.56 Å². The number of pyridine rings is 2. The van der Waals surface area contributed by atoms with Gasteiger partial charge in [0.15, 0.2) is 5.82 Å². The Hall–Kier alpha value is -2.50. The van der Waals surface area contributed by atoms with Crippen LogP contribution in [0.3, 0.4) is 0 Å². The Morgan fingerprint density at radius 1 is 1.39 bits per heavy atom. The molecule has 1 aliphatic carbocycles. The van der Waals surface area contributed by atoms with E-state index in [1.807, 2.05) is 0 Å². The maximum atomic E-state index is 15.2. The Bertz CT molecular complexity index is 1220. The number of fused-ring (bicyclic) bond motifs is 1. The average molecular weight is 453 g/mol. The van der Waals surface area contributed by atoms with Gasteiger partial charge in [0.2, 0.25) is 10.0 Å². The lowest BCUT2D eigenvalue weighted by molar-refractivity contribution is 0.0440. The van der Waals surface area contributed by atoms with Crippen molar-refractivity contribution in [3.63, 3.8) is 0 Å². The summed E-state index contributed by atoms with van der Waals surface area (Å²) < 4.78 is 47.1. The van der Waals surface area contributed by atoms with Crippen LogP contribution in [-0.4, -0.2) is 62.5 Å². The third kappa shape index (κ3) is 4.30. The van der Waals surface area contributed by atoms with Crippen LogP contribution < -0.4 is 15.2 Å². The lowest BCUT2D eigenvalue weighted by Crippen LogP contribution is -2.48. The number of nitrogens with zero attached hydrogens (tertiary/aromatic N) is 2. The van der Waals surface area contributed by atoms with Crippen LogP contribution in [0.1, 0.15) is 40.2 Å². The zero-order valence-corrected chi connectivity index (χ0v) is 18.0. The molecule has 2 N–H and O–H groups in total. The van der Waals surface area contributed by atoms with E-state index in [1.165, 1.54) is 6.07 Å². The highest BCUT2D eigenvalue weighted by molar-refractivity contribution is 7.88. The van der Waals surface area contributed by atoms with Crippen molar-refractivity contribution >= 4 is 27.2 Å². The minimum Gasteiger partial charge on any atom is -0.477 e. The van der Waals surface area contributed by atoms with Gasteiger partial charge >= 0.3 is 5.97 Å². The van der Waals surface area contributed by atoms with Crippen LogP contribution in [0, 0.1) is 12.7 Å². The molecule has 0 radical (unpaired) electrons. The number of nitrogens with one attached hydrogen (secondary N) is 1. The minimum absolute atomic E-state index is 0.0678. The number of sulfonamides is 1. The molecule has 168 valence electrons. The third-order valence-electron chi connectivity index (χ3n) is 5.72. The van der Waals surface area contributed by atoms with Gasteiger partial charge in [-0.05, 0) is 42.9 Å². The van der Waals surface area contributed by atoms with Gasteiger partial charge < -0.3 is 14.7 Å². The molecule has 0 aromatic carbocycles. The largest absolute Gasteiger partial charge is 0.477 e. The van der Waals surface area contributed by atoms with E-state index in [9.17, 15) is 23.1 Å². The summed E-state index contributed by atoms with van der Waals surface area (Å²) in [5, 5.41) is 9.41. The van der Waals surface area contributed by atoms with Crippen molar-refractivity contribution < 1.29 is 27.4 Å². The molecule has 4 rings (SSSR count). The molecule has 0 bridgehead atoms. The summed E-state index contributed by atoms with van der Waals surface area (Å²) in [5.74, 6) is -1.84. The standard InChI is InChI=1S/C20H24FN3O6S/c1-11-17-14(12-3-4-12)7-15(20(26)27)19(25)24(17)10-16(21)18(11)23-5-6-30-13(9-23)8-22-31(2,28)29/h7,10,12-13,22H,3-6,8-9H2,1-2H3,(H,26,27). The molecule has 0 spiro atoms. The third-order valence-corrected chi connectivity index (χ3v) is 6.41. The van der Waals surface area contributed by atoms with Gasteiger partial charge in [0, 0.05) is 19.6 Å². The molecule has 31 heavy (non-hydrogen) atoms. The fourth-order valence-electron chi connectivity index (χ4n) is 4.18. The Morgan fingerprint density at radius 2 is 2.10 bits per heavy atom. The van der Waals surface area contributed by atoms with Crippen molar-refractivity contribution in [3.05, 3.63) is 45.1 Å². The highest BCUT2D eigenvalue weighted by atomic mass is 32.2. The highest BCUT2D eigenvalue weighted by Crippen LogP contribution is 2.44. The maximum absolute atomic E-state index is 15.2. The first kappa shape index (κ1) is 21.7. The number of anilines is 1. The van der Waals surface area contributed by atoms with Crippen molar-refractivity contribution in [1.82, 2.24) is 9.12 Å². The van der Waals surface area contributed by atoms with Crippen LogP contribution in [0.15, 0.2) is 17.1 Å². The van der Waals surface area contributed by atoms with E-state index in [4.69, 9.17) is 4.74 Å². The molecule has 9 nitrogen and oxygen atoms in total. The van der Waals surface area contributed by atoms with Crippen LogP contribution in [-0.2, 0) is 14.8 Å². The van der Waals surface area contributed by atoms with Crippen LogP contribution in [0.2, 0.25) is 0 Å². The molecule has 1 saturated heterocycles. The lowest BCUT2D eigenvalue weighted by atomic mass is 10.0. The number of aromatic nitrogens is 1. The fourth-order valence-corrected chi connectivity index (χ4v) is 4.67. The number of rotatable bonds is 6. The summed E-state index contributed by atoms with van der Waals surface area (Å²) in [6, 6.07) is 1.42. The van der Waals surface area contributed by atoms with Crippen molar-refractivity contribution in [2.24, 2.45) is 0 Å². The first-order valence-corrected chi connectivity index (χ1v) is 11.9. The number of carboxylic acids is 1. The molecule has 1 unspecified atom stereocenters. The van der Waals surface area contributed by atoms with E-state index in [0.29, 0.717) is 29.9 Å². The zero-order chi connectivity index (χ0) is 22.5. The molecule has 3 heterocycles. The first-order valence-electron chi connectivity index (χ1n) is 9.99. The fraction of sp³-hybridized carbons (Fsp3) is 0.500. The number of aromatic carboxylic acids is 1. The number of carboxylic acid groups (broad SMARTS) is 1. The molecule has 1 atom stereocenters. The number of aryl methyl sites for hydroxylation is 1. The zero-order valence-electron chi connectivity index (χ0n) is 17.2. The van der Waals surface area contributed by atoms with Gasteiger partial charge in [-0.1, -0.05) is 0 Å². The number of hydrogen-bond donors (Lipinski definition) is 2. The second-order valence-corrected chi connectivity index (χ2v) is 9.96. The second kappa shape index (κ2) is 7.88. The molecule has 2 fully saturated rings. The number of morpholine rings is 1. The van der Waals surface area contributed by atoms with Gasteiger partial charge in [0.25, 0.3) is 5.56 Å². The van der Waals surface area contributed by atoms with Crippen LogP contribution in [0.5, 0.6) is 0 Å². The topological polar surface area (TPSA) is 117 Å². The quantitative estimate of drug-likeness (QED) is 0.672. The Labute approximate surface area is 178 Å². The average Bonchev–Trinajstić information content (AvgIpc) is 3.52. The molecule has 2 aliphatic rings. The van der Waals surface area contributed by atoms with Gasteiger partial charge in [0.05, 0.1) is 36.4 Å². The van der Waals surface area contributed by atoms with E-state index in [1.54, 1.807) is 11.8 Å². The predicted octanol–water partition coefficient (Wildman–Crippen LogP) is 1.08. The van der Waals surface area contributed by atoms with E-state index in [2.05, 4.69) is 4.72 Å². The molecule has 1 aliphatic heterocycles. The summed E-state index contributed by atoms with van der Waals surface area (Å²) in [6.07, 6.45) is 3.42. The molecule has 2 aromatic rings. The van der Waals surface area contributed by atoms with Gasteiger partial charge in [-0.3, -0.25) is 9.20 Å². The molecule has 2 aromatic heterocycles. The normalized spacial score (nSPS) is 19.7. The molecular weight excluding hydrogens is 429 g/mol. The monoisotopic (exact) mass is 453 g/mol. The van der Waals surface area contributed by atoms with Crippen LogP contribution in [0.4, 0.5) is 10.1 Å². The molecule has 1 saturated carbocycles. The lowest BCUT2D eigenvalue weighted by Gasteiger charge is -2.36. The number of carbonyl (C=O) groups is 1. The first-order chi connectivity index (χ1) is 14.6. The van der Waals surface area contributed by atoms with Crippen LogP contribution in [0.25, 0.3) is 5.52 Å². The predicted molar refractivity (Wildman–Crippen MR) is 112 cm³/mol. The Balaban J connectivity index is 1.79. The molecule has 11 heteroatoms. The number of halogens is 1. The van der Waals surface area contributed by atoms with Gasteiger partial charge in [-0.2, -0.15) is 0 Å². The van der Waals surface area contributed by atoms with Crippen LogP contribution >= 0.6 is 0 Å². The Morgan fingerprint density at radius 3 is 2.71 bits per heavy atom. The van der Waals surface area contributed by atoms with E-state index >= 15 is 4.39 Å². The number of hydrogen-bond acceptors (Lipinski definition) is 6. The van der Waals surface area contributed by atoms with Gasteiger partial charge in [-0.25, -0.2) is 22.3 Å². The second-order valence-electron chi connectivity index (χ2n) is 8.13. The minimum atomic E-state index is -3.38. The summed E-state index contributed by atoms with van der Waals surface area (Å²) in [5.41, 5.74) is 0.997. The van der Waals surface area contributed by atoms with E-state index < -0.39 is 33.5 Å². The van der Waals surface area contributed by atoms with Gasteiger partial charge in [-0.15, -0.1) is 0 Å². The van der Waals surface area contributed by atoms with E-state index in [-0.39, 0.29) is 24.6 Å². The molecule has 0 amide bonds. The van der Waals surface area contributed by atoms with Crippen molar-refractivity contribution in [2.75, 3.05) is 37.4 Å². The Kier molecular flexibility index (Phi) is 5.52. The summed E-state index contributed by atoms with van der Waals surface area (Å²) in [7, 11) is -3.38. The maximum Gasteiger partial charge on any atom is 0.341 e. The number of ether oxygens (including phenoxy) is 1. The summed E-state index contributed by atoms with van der Waals surface area (Å²) in [4.78, 5) is 26.0. The SMILES string of the molecule is Cc1c(N2CCOC(CNS(C)(=O)=O)C2)c(F)cn2c(=O)c(C(=O)O)cc(C3CC3)c12. The summed E-state index contributed by atoms with van der Waals surface area (Å²) >= 11 is 0. The smallest absolute Gasteiger partial charge is 0.341 e. The highest BCUT2D eigenvalue weighted by Gasteiger charge is 2.32. The van der Waals surface area contributed by atoms with Crippen molar-refractivity contribution in [3.8, 4) is 0 Å². The molecular formula is C20H24FN3O6S.